The van der Waals surface area contributed by atoms with E-state index in [4.69, 9.17) is 0 Å². The number of fused-ring (bicyclic) bond motifs is 1. The summed E-state index contributed by atoms with van der Waals surface area (Å²) < 4.78 is 13.8. The number of carbonyl (C=O) groups is 3. The molecular weight excluding hydrogens is 475 g/mol. The summed E-state index contributed by atoms with van der Waals surface area (Å²) in [7, 11) is 0. The van der Waals surface area contributed by atoms with Crippen LogP contribution in [0.5, 0.6) is 0 Å². The van der Waals surface area contributed by atoms with Gasteiger partial charge in [-0.15, -0.1) is 0 Å². The average molecular weight is 497 g/mol. The molecule has 3 aliphatic heterocycles. The van der Waals surface area contributed by atoms with Crippen LogP contribution in [0.2, 0.25) is 0 Å². The minimum absolute atomic E-state index is 0.117. The number of halogens is 1. The third kappa shape index (κ3) is 3.96. The number of hydrogen-bond acceptors (Lipinski definition) is 7. The smallest absolute Gasteiger partial charge is 0.264 e. The summed E-state index contributed by atoms with van der Waals surface area (Å²) in [6.07, 6.45) is 0.526. The van der Waals surface area contributed by atoms with Crippen LogP contribution in [0.3, 0.4) is 0 Å². The first-order valence-electron chi connectivity index (χ1n) is 11.8. The van der Waals surface area contributed by atoms with Crippen LogP contribution >= 0.6 is 0 Å². The summed E-state index contributed by atoms with van der Waals surface area (Å²) in [5, 5.41) is 15.2. The van der Waals surface area contributed by atoms with Gasteiger partial charge in [-0.05, 0) is 29.3 Å². The summed E-state index contributed by atoms with van der Waals surface area (Å²) in [5.74, 6) is -2.17. The van der Waals surface area contributed by atoms with Crippen molar-refractivity contribution in [2.75, 3.05) is 11.4 Å². The Kier molecular flexibility index (Phi) is 5.56. The van der Waals surface area contributed by atoms with E-state index in [1.165, 1.54) is 28.2 Å². The number of nitrogens with zero attached hydrogens (tertiary/aromatic N) is 6. The maximum absolute atomic E-state index is 13.8. The molecule has 0 unspecified atom stereocenters. The van der Waals surface area contributed by atoms with Crippen LogP contribution in [0, 0.1) is 5.82 Å². The van der Waals surface area contributed by atoms with Crippen molar-refractivity contribution in [1.82, 2.24) is 10.0 Å². The molecule has 0 aromatic heterocycles. The number of carbonyl (C=O) groups excluding carboxylic acids is 3. The minimum atomic E-state index is -1.09. The maximum Gasteiger partial charge on any atom is 0.264 e. The molecule has 1 saturated heterocycles. The van der Waals surface area contributed by atoms with Crippen molar-refractivity contribution in [3.8, 4) is 0 Å². The summed E-state index contributed by atoms with van der Waals surface area (Å²) in [6.45, 7) is -0.296. The van der Waals surface area contributed by atoms with Gasteiger partial charge in [0.1, 0.15) is 12.4 Å². The van der Waals surface area contributed by atoms with E-state index in [0.29, 0.717) is 6.42 Å². The quantitative estimate of drug-likeness (QED) is 0.505. The van der Waals surface area contributed by atoms with Gasteiger partial charge in [-0.25, -0.2) is 14.3 Å². The fraction of sp³-hybridized carbons (Fsp3) is 0.185. The molecule has 9 nitrogen and oxygen atoms in total. The number of amides is 3. The monoisotopic (exact) mass is 496 g/mol. The van der Waals surface area contributed by atoms with E-state index in [1.807, 2.05) is 60.7 Å². The van der Waals surface area contributed by atoms with Crippen molar-refractivity contribution < 1.29 is 18.8 Å². The summed E-state index contributed by atoms with van der Waals surface area (Å²) in [6, 6.07) is 22.0. The van der Waals surface area contributed by atoms with Gasteiger partial charge in [0.05, 0.1) is 17.4 Å². The van der Waals surface area contributed by atoms with Gasteiger partial charge in [-0.1, -0.05) is 72.0 Å². The van der Waals surface area contributed by atoms with E-state index in [0.717, 1.165) is 27.8 Å². The second kappa shape index (κ2) is 9.05. The van der Waals surface area contributed by atoms with Crippen molar-refractivity contribution in [3.63, 3.8) is 0 Å². The molecule has 3 heterocycles. The Hall–Kier alpha value is -4.73. The zero-order valence-electron chi connectivity index (χ0n) is 19.5. The van der Waals surface area contributed by atoms with Crippen molar-refractivity contribution in [3.05, 3.63) is 102 Å². The van der Waals surface area contributed by atoms with Gasteiger partial charge in [0.2, 0.25) is 0 Å². The molecule has 0 radical (unpaired) electrons. The molecule has 10 heteroatoms. The van der Waals surface area contributed by atoms with E-state index in [9.17, 15) is 18.8 Å². The molecule has 3 aliphatic rings. The predicted molar refractivity (Wildman–Crippen MR) is 132 cm³/mol. The highest BCUT2D eigenvalue weighted by Gasteiger charge is 2.55. The molecule has 3 aromatic carbocycles. The Morgan fingerprint density at radius 1 is 0.919 bits per heavy atom. The minimum Gasteiger partial charge on any atom is -0.271 e. The Morgan fingerprint density at radius 2 is 1.65 bits per heavy atom. The standard InChI is InChI=1S/C27H21FN6O3/c28-19-12-7-13-20(14-19)33-26(36)24-25(27(33)37)32(31-29-24)16-23(35)34-22(18-10-5-2-6-11-18)15-21(30-34)17-8-3-1-4-9-17/h1-14,22,24-25H,15-16H2/t22-,24-,25-/m0/s1. The van der Waals surface area contributed by atoms with Gasteiger partial charge in [-0.2, -0.15) is 10.2 Å². The number of benzene rings is 3. The molecule has 1 fully saturated rings. The molecule has 0 aliphatic carbocycles. The summed E-state index contributed by atoms with van der Waals surface area (Å²) in [4.78, 5) is 40.6. The Labute approximate surface area is 211 Å². The van der Waals surface area contributed by atoms with Gasteiger partial charge in [0.15, 0.2) is 12.1 Å². The molecular formula is C27H21FN6O3. The van der Waals surface area contributed by atoms with E-state index in [1.54, 1.807) is 0 Å². The fourth-order valence-corrected chi connectivity index (χ4v) is 4.91. The van der Waals surface area contributed by atoms with Gasteiger partial charge < -0.3 is 0 Å². The largest absolute Gasteiger partial charge is 0.271 e. The van der Waals surface area contributed by atoms with Crippen molar-refractivity contribution in [2.24, 2.45) is 15.4 Å². The number of hydrogen-bond donors (Lipinski definition) is 0. The molecule has 0 bridgehead atoms. The predicted octanol–water partition coefficient (Wildman–Crippen LogP) is 3.50. The van der Waals surface area contributed by atoms with Crippen LogP contribution in [-0.2, 0) is 14.4 Å². The van der Waals surface area contributed by atoms with Gasteiger partial charge in [0.25, 0.3) is 17.7 Å². The third-order valence-corrected chi connectivity index (χ3v) is 6.68. The normalized spacial score (nSPS) is 22.6. The molecule has 6 rings (SSSR count). The van der Waals surface area contributed by atoms with Crippen molar-refractivity contribution in [1.29, 1.82) is 0 Å². The highest BCUT2D eigenvalue weighted by molar-refractivity contribution is 6.25. The average Bonchev–Trinajstić information content (AvgIpc) is 3.61. The first-order chi connectivity index (χ1) is 18.0. The fourth-order valence-electron chi connectivity index (χ4n) is 4.91. The van der Waals surface area contributed by atoms with Gasteiger partial charge in [0, 0.05) is 6.42 Å². The van der Waals surface area contributed by atoms with Gasteiger partial charge in [-0.3, -0.25) is 19.4 Å². The van der Waals surface area contributed by atoms with Crippen molar-refractivity contribution in [2.45, 2.75) is 24.5 Å². The molecule has 3 amide bonds. The van der Waals surface area contributed by atoms with E-state index in [2.05, 4.69) is 15.4 Å². The van der Waals surface area contributed by atoms with Crippen LogP contribution in [0.15, 0.2) is 100 Å². The Balaban J connectivity index is 1.26. The molecule has 0 spiro atoms. The van der Waals surface area contributed by atoms with Crippen LogP contribution < -0.4 is 4.90 Å². The second-order valence-electron chi connectivity index (χ2n) is 8.97. The zero-order chi connectivity index (χ0) is 25.5. The van der Waals surface area contributed by atoms with E-state index < -0.39 is 29.7 Å². The molecule has 0 N–H and O–H groups in total. The highest BCUT2D eigenvalue weighted by Crippen LogP contribution is 2.35. The molecule has 0 saturated carbocycles. The van der Waals surface area contributed by atoms with Crippen LogP contribution in [0.4, 0.5) is 10.1 Å². The lowest BCUT2D eigenvalue weighted by Crippen LogP contribution is -2.44. The van der Waals surface area contributed by atoms with Crippen LogP contribution in [0.25, 0.3) is 0 Å². The number of anilines is 1. The zero-order valence-corrected chi connectivity index (χ0v) is 19.5. The Bertz CT molecular complexity index is 1440. The molecule has 3 aromatic rings. The van der Waals surface area contributed by atoms with Gasteiger partial charge >= 0.3 is 0 Å². The Morgan fingerprint density at radius 3 is 2.38 bits per heavy atom. The van der Waals surface area contributed by atoms with Crippen LogP contribution in [-0.4, -0.2) is 52.1 Å². The lowest BCUT2D eigenvalue weighted by atomic mass is 9.98. The summed E-state index contributed by atoms with van der Waals surface area (Å²) >= 11 is 0. The topological polar surface area (TPSA) is 98.0 Å². The third-order valence-electron chi connectivity index (χ3n) is 6.68. The highest BCUT2D eigenvalue weighted by atomic mass is 19.1. The molecule has 37 heavy (non-hydrogen) atoms. The lowest BCUT2D eigenvalue weighted by Gasteiger charge is -2.25. The SMILES string of the molecule is O=C1[C@H]2N=NN(CC(=O)N3N=C(c4ccccc4)C[C@H]3c3ccccc3)[C@@H]2C(=O)N1c1cccc(F)c1. The van der Waals surface area contributed by atoms with E-state index >= 15 is 0 Å². The lowest BCUT2D eigenvalue weighted by molar-refractivity contribution is -0.135. The van der Waals surface area contributed by atoms with E-state index in [-0.39, 0.29) is 24.2 Å². The van der Waals surface area contributed by atoms with Crippen molar-refractivity contribution >= 4 is 29.1 Å². The van der Waals surface area contributed by atoms with Crippen LogP contribution in [0.1, 0.15) is 23.6 Å². The molecule has 184 valence electrons. The number of hydrazone groups is 1. The first kappa shape index (κ1) is 22.7. The molecule has 3 atom stereocenters. The maximum atomic E-state index is 13.8. The second-order valence-corrected chi connectivity index (χ2v) is 8.97. The number of rotatable bonds is 5. The number of imide groups is 1. The summed E-state index contributed by atoms with van der Waals surface area (Å²) in [5.41, 5.74) is 2.73. The first-order valence-corrected chi connectivity index (χ1v) is 11.8.